The fourth-order valence-corrected chi connectivity index (χ4v) is 4.48. The Balaban J connectivity index is 2.31. The molecule has 1 aliphatic heterocycles. The second kappa shape index (κ2) is 7.31. The SMILES string of the molecule is CCOC(=O)c1cccc(S(=O)(=O)N2CC(C)CC(C(=O)O)C2)c1. The Labute approximate surface area is 141 Å². The summed E-state index contributed by atoms with van der Waals surface area (Å²) >= 11 is 0. The molecule has 2 rings (SSSR count). The van der Waals surface area contributed by atoms with Gasteiger partial charge in [0.1, 0.15) is 0 Å². The van der Waals surface area contributed by atoms with Crippen LogP contribution in [0.15, 0.2) is 29.2 Å². The van der Waals surface area contributed by atoms with Crippen LogP contribution >= 0.6 is 0 Å². The second-order valence-corrected chi connectivity index (χ2v) is 7.88. The molecule has 8 heteroatoms. The molecule has 2 unspecified atom stereocenters. The lowest BCUT2D eigenvalue weighted by atomic mass is 9.92. The van der Waals surface area contributed by atoms with Crippen molar-refractivity contribution < 1.29 is 27.9 Å². The molecule has 24 heavy (non-hydrogen) atoms. The number of sulfonamides is 1. The number of nitrogens with zero attached hydrogens (tertiary/aromatic N) is 1. The van der Waals surface area contributed by atoms with E-state index in [9.17, 15) is 23.1 Å². The topological polar surface area (TPSA) is 101 Å². The zero-order valence-electron chi connectivity index (χ0n) is 13.6. The van der Waals surface area contributed by atoms with Crippen LogP contribution in [-0.2, 0) is 19.6 Å². The lowest BCUT2D eigenvalue weighted by Crippen LogP contribution is -2.45. The summed E-state index contributed by atoms with van der Waals surface area (Å²) in [6.07, 6.45) is 0.449. The van der Waals surface area contributed by atoms with Gasteiger partial charge in [0.15, 0.2) is 0 Å². The molecule has 1 fully saturated rings. The van der Waals surface area contributed by atoms with Gasteiger partial charge in [-0.2, -0.15) is 4.31 Å². The van der Waals surface area contributed by atoms with E-state index in [0.717, 1.165) is 0 Å². The minimum atomic E-state index is -3.87. The molecule has 0 spiro atoms. The summed E-state index contributed by atoms with van der Waals surface area (Å²) < 4.78 is 31.7. The molecule has 1 saturated heterocycles. The minimum absolute atomic E-state index is 0.0358. The van der Waals surface area contributed by atoms with E-state index in [1.54, 1.807) is 6.92 Å². The first-order valence-electron chi connectivity index (χ1n) is 7.75. The number of aliphatic carboxylic acids is 1. The van der Waals surface area contributed by atoms with Gasteiger partial charge in [-0.15, -0.1) is 0 Å². The first-order chi connectivity index (χ1) is 11.3. The Bertz CT molecular complexity index is 730. The third kappa shape index (κ3) is 3.93. The fourth-order valence-electron chi connectivity index (χ4n) is 2.82. The second-order valence-electron chi connectivity index (χ2n) is 5.95. The van der Waals surface area contributed by atoms with Crippen LogP contribution in [0.1, 0.15) is 30.6 Å². The quantitative estimate of drug-likeness (QED) is 0.805. The van der Waals surface area contributed by atoms with Crippen LogP contribution < -0.4 is 0 Å². The number of ether oxygens (including phenoxy) is 1. The molecule has 0 radical (unpaired) electrons. The highest BCUT2D eigenvalue weighted by atomic mass is 32.2. The maximum Gasteiger partial charge on any atom is 0.338 e. The number of hydrogen-bond donors (Lipinski definition) is 1. The Morgan fingerprint density at radius 2 is 2.04 bits per heavy atom. The van der Waals surface area contributed by atoms with E-state index in [2.05, 4.69) is 0 Å². The van der Waals surface area contributed by atoms with Crippen molar-refractivity contribution >= 4 is 22.0 Å². The number of carboxylic acids is 1. The van der Waals surface area contributed by atoms with E-state index in [1.807, 2.05) is 6.92 Å². The van der Waals surface area contributed by atoms with Crippen LogP contribution in [0.25, 0.3) is 0 Å². The maximum atomic E-state index is 12.8. The summed E-state index contributed by atoms with van der Waals surface area (Å²) in [5, 5.41) is 9.20. The van der Waals surface area contributed by atoms with Crippen LogP contribution in [-0.4, -0.2) is 49.5 Å². The lowest BCUT2D eigenvalue weighted by molar-refractivity contribution is -0.143. The molecular weight excluding hydrogens is 334 g/mol. The summed E-state index contributed by atoms with van der Waals surface area (Å²) in [5.41, 5.74) is 0.151. The van der Waals surface area contributed by atoms with Crippen LogP contribution in [0.3, 0.4) is 0 Å². The van der Waals surface area contributed by atoms with Crippen molar-refractivity contribution in [2.24, 2.45) is 11.8 Å². The van der Waals surface area contributed by atoms with Gasteiger partial charge in [0, 0.05) is 13.1 Å². The molecule has 0 bridgehead atoms. The zero-order valence-corrected chi connectivity index (χ0v) is 14.5. The molecule has 1 aliphatic rings. The van der Waals surface area contributed by atoms with Crippen LogP contribution in [0, 0.1) is 11.8 Å². The highest BCUT2D eigenvalue weighted by Gasteiger charge is 2.36. The molecular formula is C16H21NO6S. The fraction of sp³-hybridized carbons (Fsp3) is 0.500. The van der Waals surface area contributed by atoms with Crippen molar-refractivity contribution in [2.75, 3.05) is 19.7 Å². The van der Waals surface area contributed by atoms with Gasteiger partial charge in [-0.05, 0) is 37.5 Å². The molecule has 0 aliphatic carbocycles. The average Bonchev–Trinajstić information content (AvgIpc) is 2.54. The van der Waals surface area contributed by atoms with E-state index in [-0.39, 0.29) is 36.1 Å². The number of rotatable bonds is 5. The van der Waals surface area contributed by atoms with Gasteiger partial charge in [-0.25, -0.2) is 13.2 Å². The minimum Gasteiger partial charge on any atom is -0.481 e. The molecule has 0 amide bonds. The monoisotopic (exact) mass is 355 g/mol. The van der Waals surface area contributed by atoms with Gasteiger partial charge in [-0.1, -0.05) is 13.0 Å². The van der Waals surface area contributed by atoms with Crippen LogP contribution in [0.4, 0.5) is 0 Å². The Morgan fingerprint density at radius 3 is 2.67 bits per heavy atom. The number of carbonyl (C=O) groups excluding carboxylic acids is 1. The van der Waals surface area contributed by atoms with Crippen molar-refractivity contribution in [3.63, 3.8) is 0 Å². The third-order valence-corrected chi connectivity index (χ3v) is 5.79. The number of hydrogen-bond acceptors (Lipinski definition) is 5. The summed E-state index contributed by atoms with van der Waals surface area (Å²) in [6, 6.07) is 5.62. The molecule has 1 N–H and O–H groups in total. The van der Waals surface area contributed by atoms with E-state index in [1.165, 1.54) is 28.6 Å². The molecule has 2 atom stereocenters. The Kier molecular flexibility index (Phi) is 5.61. The highest BCUT2D eigenvalue weighted by Crippen LogP contribution is 2.27. The van der Waals surface area contributed by atoms with Gasteiger partial charge in [0.2, 0.25) is 10.0 Å². The van der Waals surface area contributed by atoms with Crippen molar-refractivity contribution in [3.8, 4) is 0 Å². The predicted molar refractivity (Wildman–Crippen MR) is 86.1 cm³/mol. The Morgan fingerprint density at radius 1 is 1.33 bits per heavy atom. The van der Waals surface area contributed by atoms with Crippen LogP contribution in [0.5, 0.6) is 0 Å². The number of carbonyl (C=O) groups is 2. The highest BCUT2D eigenvalue weighted by molar-refractivity contribution is 7.89. The summed E-state index contributed by atoms with van der Waals surface area (Å²) in [5.74, 6) is -2.37. The van der Waals surface area contributed by atoms with Crippen molar-refractivity contribution in [1.29, 1.82) is 0 Å². The summed E-state index contributed by atoms with van der Waals surface area (Å²) in [6.45, 7) is 3.88. The van der Waals surface area contributed by atoms with E-state index < -0.39 is 27.9 Å². The first-order valence-corrected chi connectivity index (χ1v) is 9.19. The molecule has 0 aromatic heterocycles. The molecule has 0 saturated carbocycles. The maximum absolute atomic E-state index is 12.8. The van der Waals surface area contributed by atoms with Crippen molar-refractivity contribution in [1.82, 2.24) is 4.31 Å². The van der Waals surface area contributed by atoms with Gasteiger partial charge < -0.3 is 9.84 Å². The smallest absolute Gasteiger partial charge is 0.338 e. The summed E-state index contributed by atoms with van der Waals surface area (Å²) in [7, 11) is -3.87. The van der Waals surface area contributed by atoms with E-state index >= 15 is 0 Å². The largest absolute Gasteiger partial charge is 0.481 e. The number of esters is 1. The van der Waals surface area contributed by atoms with Gasteiger partial charge >= 0.3 is 11.9 Å². The first kappa shape index (κ1) is 18.4. The van der Waals surface area contributed by atoms with Crippen molar-refractivity contribution in [3.05, 3.63) is 29.8 Å². The van der Waals surface area contributed by atoms with E-state index in [4.69, 9.17) is 4.74 Å². The standard InChI is InChI=1S/C16H21NO6S/c1-3-23-16(20)12-5-4-6-14(8-12)24(21,22)17-9-11(2)7-13(10-17)15(18)19/h4-6,8,11,13H,3,7,9-10H2,1-2H3,(H,18,19). The average molecular weight is 355 g/mol. The molecule has 132 valence electrons. The predicted octanol–water partition coefficient (Wildman–Crippen LogP) is 1.59. The number of piperidine rings is 1. The third-order valence-electron chi connectivity index (χ3n) is 3.96. The van der Waals surface area contributed by atoms with Crippen LogP contribution in [0.2, 0.25) is 0 Å². The lowest BCUT2D eigenvalue weighted by Gasteiger charge is -2.33. The van der Waals surface area contributed by atoms with Gasteiger partial charge in [0.25, 0.3) is 0 Å². The molecule has 7 nitrogen and oxygen atoms in total. The normalized spacial score (nSPS) is 22.1. The van der Waals surface area contributed by atoms with Gasteiger partial charge in [0.05, 0.1) is 23.0 Å². The van der Waals surface area contributed by atoms with Crippen molar-refractivity contribution in [2.45, 2.75) is 25.2 Å². The van der Waals surface area contributed by atoms with E-state index in [0.29, 0.717) is 6.42 Å². The molecule has 1 heterocycles. The molecule has 1 aromatic carbocycles. The summed E-state index contributed by atoms with van der Waals surface area (Å²) in [4.78, 5) is 23.0. The molecule has 1 aromatic rings. The number of carboxylic acid groups (broad SMARTS) is 1. The van der Waals surface area contributed by atoms with Gasteiger partial charge in [-0.3, -0.25) is 4.79 Å². The Hall–Kier alpha value is -1.93. The zero-order chi connectivity index (χ0) is 17.9. The number of benzene rings is 1.